The molecule has 1 aromatic carbocycles. The van der Waals surface area contributed by atoms with Crippen LogP contribution < -0.4 is 10.6 Å². The van der Waals surface area contributed by atoms with Gasteiger partial charge in [-0.05, 0) is 31.6 Å². The summed E-state index contributed by atoms with van der Waals surface area (Å²) in [6, 6.07) is 6.47. The van der Waals surface area contributed by atoms with Crippen LogP contribution in [0.15, 0.2) is 24.3 Å². The number of nitrogens with one attached hydrogen (secondary N) is 2. The van der Waals surface area contributed by atoms with E-state index >= 15 is 0 Å². The fraction of sp³-hybridized carbons (Fsp3) is 0.455. The number of hydrogen-bond donors (Lipinski definition) is 2. The van der Waals surface area contributed by atoms with Gasteiger partial charge in [0, 0.05) is 24.4 Å². The molecule has 0 atom stereocenters. The molecular weight excluding hydrogens is 206 g/mol. The molecule has 1 aromatic rings. The third-order valence-corrected chi connectivity index (χ3v) is 2.19. The van der Waals surface area contributed by atoms with Gasteiger partial charge in [-0.25, -0.2) is 0 Å². The quantitative estimate of drug-likeness (QED) is 0.421. The summed E-state index contributed by atoms with van der Waals surface area (Å²) < 4.78 is 0. The Morgan fingerprint density at radius 1 is 1.25 bits per heavy atom. The Labute approximate surface area is 95.0 Å². The van der Waals surface area contributed by atoms with E-state index in [1.165, 1.54) is 12.1 Å². The van der Waals surface area contributed by atoms with Gasteiger partial charge in [-0.3, -0.25) is 10.1 Å². The largest absolute Gasteiger partial charge is 0.385 e. The summed E-state index contributed by atoms with van der Waals surface area (Å²) in [5.41, 5.74) is 1.04. The molecule has 16 heavy (non-hydrogen) atoms. The standard InChI is InChI=1S/C11H17N3O2/c1-2-12-8-3-9-13-10-4-6-11(7-5-10)14(15)16/h4-7,12-13H,2-3,8-9H2,1H3. The van der Waals surface area contributed by atoms with Crippen LogP contribution in [-0.4, -0.2) is 24.6 Å². The van der Waals surface area contributed by atoms with Gasteiger partial charge in [0.1, 0.15) is 0 Å². The van der Waals surface area contributed by atoms with Crippen molar-refractivity contribution in [3.05, 3.63) is 34.4 Å². The second-order valence-electron chi connectivity index (χ2n) is 3.44. The first-order valence-electron chi connectivity index (χ1n) is 5.43. The second kappa shape index (κ2) is 6.79. The van der Waals surface area contributed by atoms with Crippen molar-refractivity contribution < 1.29 is 4.92 Å². The highest BCUT2D eigenvalue weighted by molar-refractivity contribution is 5.48. The van der Waals surface area contributed by atoms with Crippen LogP contribution in [0, 0.1) is 10.1 Å². The average Bonchev–Trinajstić information content (AvgIpc) is 2.29. The predicted molar refractivity (Wildman–Crippen MR) is 64.7 cm³/mol. The van der Waals surface area contributed by atoms with Gasteiger partial charge in [-0.15, -0.1) is 0 Å². The van der Waals surface area contributed by atoms with Crippen LogP contribution in [0.4, 0.5) is 11.4 Å². The summed E-state index contributed by atoms with van der Waals surface area (Å²) in [5, 5.41) is 16.9. The van der Waals surface area contributed by atoms with E-state index < -0.39 is 4.92 Å². The third-order valence-electron chi connectivity index (χ3n) is 2.19. The molecule has 0 aliphatic rings. The lowest BCUT2D eigenvalue weighted by atomic mass is 10.3. The Morgan fingerprint density at radius 2 is 1.94 bits per heavy atom. The van der Waals surface area contributed by atoms with Crippen molar-refractivity contribution in [2.75, 3.05) is 25.0 Å². The van der Waals surface area contributed by atoms with Crippen LogP contribution in [0.1, 0.15) is 13.3 Å². The molecule has 0 aliphatic heterocycles. The predicted octanol–water partition coefficient (Wildman–Crippen LogP) is 2.01. The summed E-state index contributed by atoms with van der Waals surface area (Å²) in [4.78, 5) is 10.0. The molecule has 5 nitrogen and oxygen atoms in total. The van der Waals surface area contributed by atoms with E-state index in [4.69, 9.17) is 0 Å². The Balaban J connectivity index is 2.29. The number of nitrogens with zero attached hydrogens (tertiary/aromatic N) is 1. The summed E-state index contributed by atoms with van der Waals surface area (Å²) in [6.45, 7) is 4.91. The van der Waals surface area contributed by atoms with Gasteiger partial charge in [0.15, 0.2) is 0 Å². The van der Waals surface area contributed by atoms with Crippen molar-refractivity contribution in [3.8, 4) is 0 Å². The summed E-state index contributed by atoms with van der Waals surface area (Å²) in [5.74, 6) is 0. The molecule has 0 saturated heterocycles. The molecule has 0 bridgehead atoms. The van der Waals surface area contributed by atoms with Gasteiger partial charge in [-0.1, -0.05) is 6.92 Å². The van der Waals surface area contributed by atoms with Gasteiger partial charge in [0.25, 0.3) is 5.69 Å². The average molecular weight is 223 g/mol. The number of rotatable bonds is 7. The molecule has 0 radical (unpaired) electrons. The van der Waals surface area contributed by atoms with Crippen LogP contribution in [0.3, 0.4) is 0 Å². The van der Waals surface area contributed by atoms with E-state index in [-0.39, 0.29) is 5.69 Å². The number of hydrogen-bond acceptors (Lipinski definition) is 4. The van der Waals surface area contributed by atoms with Crippen LogP contribution >= 0.6 is 0 Å². The SMILES string of the molecule is CCNCCCNc1ccc([N+](=O)[O-])cc1. The van der Waals surface area contributed by atoms with Crippen molar-refractivity contribution in [1.29, 1.82) is 0 Å². The van der Waals surface area contributed by atoms with E-state index in [2.05, 4.69) is 17.6 Å². The normalized spacial score (nSPS) is 10.1. The maximum Gasteiger partial charge on any atom is 0.269 e. The summed E-state index contributed by atoms with van der Waals surface area (Å²) in [6.07, 6.45) is 1.03. The first-order chi connectivity index (χ1) is 7.74. The van der Waals surface area contributed by atoms with Crippen LogP contribution in [0.5, 0.6) is 0 Å². The maximum atomic E-state index is 10.4. The zero-order valence-electron chi connectivity index (χ0n) is 9.40. The molecule has 88 valence electrons. The fourth-order valence-electron chi connectivity index (χ4n) is 1.32. The van der Waals surface area contributed by atoms with Gasteiger partial charge >= 0.3 is 0 Å². The molecule has 0 spiro atoms. The Bertz CT molecular complexity index is 325. The Kier molecular flexibility index (Phi) is 5.28. The zero-order chi connectivity index (χ0) is 11.8. The van der Waals surface area contributed by atoms with Crippen LogP contribution in [0.2, 0.25) is 0 Å². The van der Waals surface area contributed by atoms with E-state index in [1.54, 1.807) is 12.1 Å². The minimum Gasteiger partial charge on any atom is -0.385 e. The highest BCUT2D eigenvalue weighted by atomic mass is 16.6. The maximum absolute atomic E-state index is 10.4. The molecular formula is C11H17N3O2. The first-order valence-corrected chi connectivity index (χ1v) is 5.43. The number of nitro benzene ring substituents is 1. The van der Waals surface area contributed by atoms with Gasteiger partial charge < -0.3 is 10.6 Å². The molecule has 2 N–H and O–H groups in total. The van der Waals surface area contributed by atoms with Gasteiger partial charge in [0.2, 0.25) is 0 Å². The van der Waals surface area contributed by atoms with Crippen molar-refractivity contribution in [3.63, 3.8) is 0 Å². The van der Waals surface area contributed by atoms with Crippen molar-refractivity contribution in [2.24, 2.45) is 0 Å². The van der Waals surface area contributed by atoms with Crippen LogP contribution in [0.25, 0.3) is 0 Å². The molecule has 0 amide bonds. The zero-order valence-corrected chi connectivity index (χ0v) is 9.40. The molecule has 0 fully saturated rings. The van der Waals surface area contributed by atoms with E-state index in [0.29, 0.717) is 0 Å². The van der Waals surface area contributed by atoms with E-state index in [1.807, 2.05) is 0 Å². The van der Waals surface area contributed by atoms with Gasteiger partial charge in [-0.2, -0.15) is 0 Å². The van der Waals surface area contributed by atoms with Gasteiger partial charge in [0.05, 0.1) is 4.92 Å². The van der Waals surface area contributed by atoms with Crippen molar-refractivity contribution in [2.45, 2.75) is 13.3 Å². The molecule has 1 rings (SSSR count). The highest BCUT2D eigenvalue weighted by Crippen LogP contribution is 2.14. The highest BCUT2D eigenvalue weighted by Gasteiger charge is 2.02. The second-order valence-corrected chi connectivity index (χ2v) is 3.44. The molecule has 0 aromatic heterocycles. The number of nitro groups is 1. The van der Waals surface area contributed by atoms with Crippen molar-refractivity contribution >= 4 is 11.4 Å². The Morgan fingerprint density at radius 3 is 2.50 bits per heavy atom. The number of benzene rings is 1. The molecule has 0 heterocycles. The van der Waals surface area contributed by atoms with E-state index in [0.717, 1.165) is 31.7 Å². The number of anilines is 1. The minimum atomic E-state index is -0.394. The smallest absolute Gasteiger partial charge is 0.269 e. The lowest BCUT2D eigenvalue weighted by molar-refractivity contribution is -0.384. The lowest BCUT2D eigenvalue weighted by Gasteiger charge is -2.06. The monoisotopic (exact) mass is 223 g/mol. The summed E-state index contributed by atoms with van der Waals surface area (Å²) in [7, 11) is 0. The molecule has 0 unspecified atom stereocenters. The van der Waals surface area contributed by atoms with Crippen molar-refractivity contribution in [1.82, 2.24) is 5.32 Å². The molecule has 0 aliphatic carbocycles. The Hall–Kier alpha value is -1.62. The molecule has 5 heteroatoms. The third kappa shape index (κ3) is 4.27. The lowest BCUT2D eigenvalue weighted by Crippen LogP contribution is -2.17. The van der Waals surface area contributed by atoms with E-state index in [9.17, 15) is 10.1 Å². The first kappa shape index (κ1) is 12.4. The topological polar surface area (TPSA) is 67.2 Å². The fourth-order valence-corrected chi connectivity index (χ4v) is 1.32. The summed E-state index contributed by atoms with van der Waals surface area (Å²) >= 11 is 0. The van der Waals surface area contributed by atoms with Crippen LogP contribution in [-0.2, 0) is 0 Å². The minimum absolute atomic E-state index is 0.123. The molecule has 0 saturated carbocycles. The number of non-ortho nitro benzene ring substituents is 1.